The summed E-state index contributed by atoms with van der Waals surface area (Å²) < 4.78 is 4.65. The van der Waals surface area contributed by atoms with Crippen molar-refractivity contribution in [3.8, 4) is 11.5 Å². The molecule has 5 nitrogen and oxygen atoms in total. The number of phenols is 2. The number of aromatic hydroxyl groups is 2. The van der Waals surface area contributed by atoms with E-state index in [1.54, 1.807) is 31.2 Å². The van der Waals surface area contributed by atoms with Gasteiger partial charge in [-0.15, -0.1) is 0 Å². The van der Waals surface area contributed by atoms with E-state index >= 15 is 0 Å². The highest BCUT2D eigenvalue weighted by atomic mass is 16.5. The maximum Gasteiger partial charge on any atom is 0.333 e. The number of benzene rings is 2. The molecule has 2 aromatic rings. The number of hydrogen-bond acceptors (Lipinski definition) is 5. The Hall–Kier alpha value is -2.79. The molecule has 0 fully saturated rings. The molecular formula is C22H28O5. The van der Waals surface area contributed by atoms with Crippen molar-refractivity contribution < 1.29 is 24.9 Å². The highest BCUT2D eigenvalue weighted by Gasteiger charge is 2.22. The first kappa shape index (κ1) is 22.3. The van der Waals surface area contributed by atoms with Gasteiger partial charge in [0.1, 0.15) is 11.5 Å². The normalized spacial score (nSPS) is 10.5. The van der Waals surface area contributed by atoms with Gasteiger partial charge in [0.25, 0.3) is 0 Å². The second-order valence-corrected chi connectivity index (χ2v) is 6.71. The summed E-state index contributed by atoms with van der Waals surface area (Å²) in [5, 5.41) is 26.9. The van der Waals surface area contributed by atoms with Gasteiger partial charge in [0.15, 0.2) is 0 Å². The highest BCUT2D eigenvalue weighted by Crippen LogP contribution is 2.32. The molecule has 0 bridgehead atoms. The molecule has 0 radical (unpaired) electrons. The number of aliphatic hydroxyl groups excluding tert-OH is 1. The van der Waals surface area contributed by atoms with Gasteiger partial charge < -0.3 is 20.1 Å². The summed E-state index contributed by atoms with van der Waals surface area (Å²) in [6.45, 7) is 9.53. The number of ether oxygens (including phenoxy) is 1. The average molecular weight is 372 g/mol. The predicted octanol–water partition coefficient (Wildman–Crippen LogP) is 3.91. The van der Waals surface area contributed by atoms with E-state index in [9.17, 15) is 15.0 Å². The number of rotatable bonds is 6. The third-order valence-corrected chi connectivity index (χ3v) is 4.06. The monoisotopic (exact) mass is 372 g/mol. The summed E-state index contributed by atoms with van der Waals surface area (Å²) in [5.41, 5.74) is 2.49. The van der Waals surface area contributed by atoms with Crippen LogP contribution in [0.25, 0.3) is 0 Å². The third kappa shape index (κ3) is 7.15. The second kappa shape index (κ2) is 10.4. The highest BCUT2D eigenvalue weighted by molar-refractivity contribution is 5.86. The summed E-state index contributed by atoms with van der Waals surface area (Å²) >= 11 is 0. The lowest BCUT2D eigenvalue weighted by Gasteiger charge is -2.26. The van der Waals surface area contributed by atoms with Crippen LogP contribution < -0.4 is 0 Å². The smallest absolute Gasteiger partial charge is 0.333 e. The lowest BCUT2D eigenvalue weighted by Crippen LogP contribution is -2.18. The van der Waals surface area contributed by atoms with Crippen LogP contribution in [-0.4, -0.2) is 34.5 Å². The van der Waals surface area contributed by atoms with Crippen molar-refractivity contribution in [3.05, 3.63) is 71.8 Å². The Morgan fingerprint density at radius 1 is 0.963 bits per heavy atom. The second-order valence-electron chi connectivity index (χ2n) is 6.71. The lowest BCUT2D eigenvalue weighted by molar-refractivity contribution is -0.139. The summed E-state index contributed by atoms with van der Waals surface area (Å²) in [5.74, 6) is 0.152. The fraction of sp³-hybridized carbons (Fsp3) is 0.318. The molecule has 0 aliphatic carbocycles. The quantitative estimate of drug-likeness (QED) is 0.406. The van der Waals surface area contributed by atoms with Crippen molar-refractivity contribution in [1.82, 2.24) is 0 Å². The molecule has 0 aliphatic heterocycles. The zero-order valence-electron chi connectivity index (χ0n) is 16.1. The van der Waals surface area contributed by atoms with Crippen LogP contribution in [0.15, 0.2) is 60.7 Å². The van der Waals surface area contributed by atoms with Crippen LogP contribution in [0.2, 0.25) is 0 Å². The van der Waals surface area contributed by atoms with Crippen molar-refractivity contribution >= 4 is 5.97 Å². The van der Waals surface area contributed by atoms with E-state index in [0.29, 0.717) is 12.0 Å². The van der Waals surface area contributed by atoms with E-state index in [0.717, 1.165) is 11.1 Å². The molecule has 146 valence electrons. The topological polar surface area (TPSA) is 87.0 Å². The number of esters is 1. The third-order valence-electron chi connectivity index (χ3n) is 4.06. The Labute approximate surface area is 160 Å². The largest absolute Gasteiger partial charge is 0.508 e. The van der Waals surface area contributed by atoms with Crippen molar-refractivity contribution in [2.24, 2.45) is 0 Å². The average Bonchev–Trinajstić information content (AvgIpc) is 2.63. The molecule has 0 aliphatic rings. The molecule has 0 saturated heterocycles. The van der Waals surface area contributed by atoms with Gasteiger partial charge in [0.05, 0.1) is 6.61 Å². The van der Waals surface area contributed by atoms with Crippen molar-refractivity contribution in [2.45, 2.75) is 32.6 Å². The van der Waals surface area contributed by atoms with E-state index in [2.05, 4.69) is 25.2 Å². The lowest BCUT2D eigenvalue weighted by atomic mass is 9.78. The number of carbonyl (C=O) groups excluding carboxylic acids is 1. The van der Waals surface area contributed by atoms with Crippen LogP contribution in [0.5, 0.6) is 11.5 Å². The zero-order chi connectivity index (χ0) is 20.4. The van der Waals surface area contributed by atoms with Gasteiger partial charge in [0.2, 0.25) is 0 Å². The Bertz CT molecular complexity index is 683. The first-order valence-corrected chi connectivity index (χ1v) is 8.71. The number of phenolic OH excluding ortho intramolecular Hbond substituents is 2. The van der Waals surface area contributed by atoms with Crippen LogP contribution in [0.1, 0.15) is 38.3 Å². The van der Waals surface area contributed by atoms with Gasteiger partial charge in [-0.3, -0.25) is 0 Å². The van der Waals surface area contributed by atoms with Gasteiger partial charge in [-0.25, -0.2) is 4.79 Å². The minimum Gasteiger partial charge on any atom is -0.508 e. The predicted molar refractivity (Wildman–Crippen MR) is 106 cm³/mol. The van der Waals surface area contributed by atoms with Gasteiger partial charge in [0, 0.05) is 24.0 Å². The van der Waals surface area contributed by atoms with Crippen molar-refractivity contribution in [2.75, 3.05) is 13.2 Å². The zero-order valence-corrected chi connectivity index (χ0v) is 16.1. The summed E-state index contributed by atoms with van der Waals surface area (Å²) in [4.78, 5) is 10.6. The molecule has 0 amide bonds. The Kier molecular flexibility index (Phi) is 8.56. The van der Waals surface area contributed by atoms with Gasteiger partial charge >= 0.3 is 5.97 Å². The fourth-order valence-corrected chi connectivity index (χ4v) is 2.28. The molecule has 0 aromatic heterocycles. The molecule has 0 saturated carbocycles. The molecule has 0 heterocycles. The van der Waals surface area contributed by atoms with E-state index < -0.39 is 5.97 Å². The molecule has 3 N–H and O–H groups in total. The summed E-state index contributed by atoms with van der Waals surface area (Å²) in [7, 11) is 0. The minimum absolute atomic E-state index is 0.0451. The number of hydrogen-bond donors (Lipinski definition) is 3. The van der Waals surface area contributed by atoms with Gasteiger partial charge in [-0.1, -0.05) is 44.7 Å². The standard InChI is InChI=1S/C15H16O2.C7H12O3/c1-15(2,11-3-7-13(16)8-4-11)12-5-9-14(17)10-6-12;1-6(2)7(9)10-5-3-4-8/h3-10,16-17H,1-2H3;8H,1,3-5H2,2H3. The SMILES string of the molecule is C=C(C)C(=O)OCCCO.CC(C)(c1ccc(O)cc1)c1ccc(O)cc1. The van der Waals surface area contributed by atoms with E-state index in [-0.39, 0.29) is 30.1 Å². The maximum atomic E-state index is 10.6. The van der Waals surface area contributed by atoms with E-state index in [4.69, 9.17) is 5.11 Å². The molecule has 2 rings (SSSR count). The van der Waals surface area contributed by atoms with Crippen molar-refractivity contribution in [1.29, 1.82) is 0 Å². The van der Waals surface area contributed by atoms with E-state index in [1.165, 1.54) is 0 Å². The van der Waals surface area contributed by atoms with Gasteiger partial charge in [-0.05, 0) is 42.3 Å². The molecule has 0 unspecified atom stereocenters. The minimum atomic E-state index is -0.395. The van der Waals surface area contributed by atoms with Crippen molar-refractivity contribution in [3.63, 3.8) is 0 Å². The number of carbonyl (C=O) groups is 1. The van der Waals surface area contributed by atoms with Gasteiger partial charge in [-0.2, -0.15) is 0 Å². The van der Waals surface area contributed by atoms with Crippen LogP contribution >= 0.6 is 0 Å². The molecule has 2 aromatic carbocycles. The molecule has 0 atom stereocenters. The molecule has 27 heavy (non-hydrogen) atoms. The first-order valence-electron chi connectivity index (χ1n) is 8.71. The summed E-state index contributed by atoms with van der Waals surface area (Å²) in [6.07, 6.45) is 0.485. The number of aliphatic hydroxyl groups is 1. The molecular weight excluding hydrogens is 344 g/mol. The first-order chi connectivity index (χ1) is 12.7. The van der Waals surface area contributed by atoms with Crippen LogP contribution in [0.4, 0.5) is 0 Å². The molecule has 5 heteroatoms. The van der Waals surface area contributed by atoms with Crippen LogP contribution in [-0.2, 0) is 14.9 Å². The Morgan fingerprint density at radius 2 is 1.37 bits per heavy atom. The van der Waals surface area contributed by atoms with Crippen LogP contribution in [0.3, 0.4) is 0 Å². The fourth-order valence-electron chi connectivity index (χ4n) is 2.28. The van der Waals surface area contributed by atoms with E-state index in [1.807, 2.05) is 24.3 Å². The Balaban J connectivity index is 0.000000314. The van der Waals surface area contributed by atoms with Crippen LogP contribution in [0, 0.1) is 0 Å². The summed E-state index contributed by atoms with van der Waals surface area (Å²) in [6, 6.07) is 14.4. The molecule has 0 spiro atoms. The Morgan fingerprint density at radius 3 is 1.70 bits per heavy atom. The maximum absolute atomic E-state index is 10.6.